The molecule has 1 N–H and O–H groups in total. The van der Waals surface area contributed by atoms with Crippen LogP contribution in [0.2, 0.25) is 0 Å². The number of hydrogen-bond acceptors (Lipinski definition) is 3. The largest absolute Gasteiger partial charge is 0.310 e. The summed E-state index contributed by atoms with van der Waals surface area (Å²) in [6, 6.07) is 9.36. The van der Waals surface area contributed by atoms with Crippen molar-refractivity contribution in [3.8, 4) is 6.07 Å². The van der Waals surface area contributed by atoms with E-state index >= 15 is 0 Å². The van der Waals surface area contributed by atoms with Crippen LogP contribution in [0.15, 0.2) is 28.7 Å². The minimum atomic E-state index is -0.430. The third-order valence-electron chi connectivity index (χ3n) is 3.39. The molecule has 1 saturated heterocycles. The van der Waals surface area contributed by atoms with Gasteiger partial charge in [0, 0.05) is 23.2 Å². The molecule has 1 atom stereocenters. The summed E-state index contributed by atoms with van der Waals surface area (Å²) in [6.07, 6.45) is 0.194. The number of carbonyl (C=O) groups excluding carboxylic acids is 1. The molecule has 20 heavy (non-hydrogen) atoms. The molecule has 1 heterocycles. The monoisotopic (exact) mass is 335 g/mol. The minimum absolute atomic E-state index is 0.0322. The zero-order chi connectivity index (χ0) is 14.8. The quantitative estimate of drug-likeness (QED) is 0.903. The SMILES string of the molecule is CC1(C)CNC(CC#N)C(=O)N(c2cccc(Br)c2)C1. The smallest absolute Gasteiger partial charge is 0.245 e. The van der Waals surface area contributed by atoms with E-state index in [1.807, 2.05) is 24.3 Å². The van der Waals surface area contributed by atoms with Gasteiger partial charge in [0.15, 0.2) is 0 Å². The lowest BCUT2D eigenvalue weighted by Gasteiger charge is -2.29. The zero-order valence-electron chi connectivity index (χ0n) is 11.7. The van der Waals surface area contributed by atoms with Gasteiger partial charge in [-0.2, -0.15) is 5.26 Å². The molecule has 0 radical (unpaired) electrons. The van der Waals surface area contributed by atoms with Crippen LogP contribution in [-0.4, -0.2) is 25.0 Å². The fraction of sp³-hybridized carbons (Fsp3) is 0.467. The van der Waals surface area contributed by atoms with Crippen molar-refractivity contribution in [1.82, 2.24) is 5.32 Å². The fourth-order valence-electron chi connectivity index (χ4n) is 2.35. The zero-order valence-corrected chi connectivity index (χ0v) is 13.3. The van der Waals surface area contributed by atoms with Crippen LogP contribution < -0.4 is 10.2 Å². The summed E-state index contributed by atoms with van der Waals surface area (Å²) in [4.78, 5) is 14.4. The Bertz CT molecular complexity index is 550. The highest BCUT2D eigenvalue weighted by molar-refractivity contribution is 9.10. The number of halogens is 1. The van der Waals surface area contributed by atoms with E-state index in [1.165, 1.54) is 0 Å². The highest BCUT2D eigenvalue weighted by Crippen LogP contribution is 2.27. The Morgan fingerprint density at radius 1 is 1.55 bits per heavy atom. The van der Waals surface area contributed by atoms with Crippen molar-refractivity contribution < 1.29 is 4.79 Å². The first-order chi connectivity index (χ1) is 9.43. The van der Waals surface area contributed by atoms with Gasteiger partial charge in [-0.05, 0) is 23.6 Å². The molecule has 0 aliphatic carbocycles. The van der Waals surface area contributed by atoms with Gasteiger partial charge in [-0.25, -0.2) is 0 Å². The molecule has 2 rings (SSSR count). The molecule has 1 aromatic rings. The van der Waals surface area contributed by atoms with Crippen molar-refractivity contribution in [2.45, 2.75) is 26.3 Å². The Morgan fingerprint density at radius 3 is 2.95 bits per heavy atom. The van der Waals surface area contributed by atoms with Crippen molar-refractivity contribution in [2.24, 2.45) is 5.41 Å². The van der Waals surface area contributed by atoms with Gasteiger partial charge in [-0.15, -0.1) is 0 Å². The summed E-state index contributed by atoms with van der Waals surface area (Å²) in [7, 11) is 0. The number of nitriles is 1. The molecule has 1 amide bonds. The van der Waals surface area contributed by atoms with Crippen molar-refractivity contribution in [3.05, 3.63) is 28.7 Å². The Kier molecular flexibility index (Phi) is 4.46. The van der Waals surface area contributed by atoms with Gasteiger partial charge in [-0.1, -0.05) is 35.8 Å². The topological polar surface area (TPSA) is 56.1 Å². The van der Waals surface area contributed by atoms with Gasteiger partial charge in [-0.3, -0.25) is 4.79 Å². The first-order valence-electron chi connectivity index (χ1n) is 6.60. The van der Waals surface area contributed by atoms with Gasteiger partial charge in [0.1, 0.15) is 6.04 Å². The molecule has 1 fully saturated rings. The van der Waals surface area contributed by atoms with Crippen molar-refractivity contribution in [3.63, 3.8) is 0 Å². The second kappa shape index (κ2) is 5.94. The van der Waals surface area contributed by atoms with Crippen LogP contribution in [0.4, 0.5) is 5.69 Å². The summed E-state index contributed by atoms with van der Waals surface area (Å²) in [5.74, 6) is -0.0322. The second-order valence-electron chi connectivity index (χ2n) is 5.86. The van der Waals surface area contributed by atoms with Crippen LogP contribution in [0.3, 0.4) is 0 Å². The summed E-state index contributed by atoms with van der Waals surface area (Å²) < 4.78 is 0.939. The molecular weight excluding hydrogens is 318 g/mol. The van der Waals surface area contributed by atoms with Gasteiger partial charge in [0.25, 0.3) is 0 Å². The number of hydrogen-bond donors (Lipinski definition) is 1. The molecule has 0 aromatic heterocycles. The first kappa shape index (κ1) is 15.0. The van der Waals surface area contributed by atoms with Crippen molar-refractivity contribution in [2.75, 3.05) is 18.0 Å². The summed E-state index contributed by atoms with van der Waals surface area (Å²) in [5.41, 5.74) is 0.825. The van der Waals surface area contributed by atoms with Crippen LogP contribution in [0, 0.1) is 16.7 Å². The van der Waals surface area contributed by atoms with E-state index in [4.69, 9.17) is 5.26 Å². The average molecular weight is 336 g/mol. The van der Waals surface area contributed by atoms with Crippen molar-refractivity contribution in [1.29, 1.82) is 5.26 Å². The van der Waals surface area contributed by atoms with Crippen molar-refractivity contribution >= 4 is 27.5 Å². The fourth-order valence-corrected chi connectivity index (χ4v) is 2.74. The van der Waals surface area contributed by atoms with E-state index < -0.39 is 6.04 Å². The second-order valence-corrected chi connectivity index (χ2v) is 6.78. The van der Waals surface area contributed by atoms with Gasteiger partial charge in [0.05, 0.1) is 12.5 Å². The Labute approximate surface area is 127 Å². The van der Waals surface area contributed by atoms with E-state index in [-0.39, 0.29) is 17.7 Å². The highest BCUT2D eigenvalue weighted by atomic mass is 79.9. The number of benzene rings is 1. The van der Waals surface area contributed by atoms with Crippen LogP contribution in [0.5, 0.6) is 0 Å². The molecule has 106 valence electrons. The number of nitrogens with one attached hydrogen (secondary N) is 1. The third kappa shape index (κ3) is 3.38. The van der Waals surface area contributed by atoms with Gasteiger partial charge in [0.2, 0.25) is 5.91 Å². The van der Waals surface area contributed by atoms with E-state index in [1.54, 1.807) is 4.90 Å². The average Bonchev–Trinajstić information content (AvgIpc) is 2.50. The maximum Gasteiger partial charge on any atom is 0.245 e. The third-order valence-corrected chi connectivity index (χ3v) is 3.89. The van der Waals surface area contributed by atoms with E-state index in [2.05, 4.69) is 41.2 Å². The van der Waals surface area contributed by atoms with E-state index in [0.29, 0.717) is 6.54 Å². The predicted octanol–water partition coefficient (Wildman–Crippen LogP) is 2.69. The Hall–Kier alpha value is -1.38. The number of rotatable bonds is 2. The molecule has 1 aliphatic heterocycles. The number of nitrogens with zero attached hydrogens (tertiary/aromatic N) is 2. The summed E-state index contributed by atoms with van der Waals surface area (Å²) in [6.45, 7) is 5.59. The molecule has 1 unspecified atom stereocenters. The number of anilines is 1. The lowest BCUT2D eigenvalue weighted by molar-refractivity contribution is -0.120. The van der Waals surface area contributed by atoms with Gasteiger partial charge < -0.3 is 10.2 Å². The van der Waals surface area contributed by atoms with Crippen LogP contribution >= 0.6 is 15.9 Å². The number of carbonyl (C=O) groups is 1. The molecule has 0 spiro atoms. The Balaban J connectivity index is 2.36. The summed E-state index contributed by atoms with van der Waals surface area (Å²) >= 11 is 3.44. The number of amides is 1. The maximum atomic E-state index is 12.6. The molecule has 1 aliphatic rings. The molecule has 0 bridgehead atoms. The lowest BCUT2D eigenvalue weighted by Crippen LogP contribution is -2.43. The first-order valence-corrected chi connectivity index (χ1v) is 7.39. The molecule has 1 aromatic carbocycles. The van der Waals surface area contributed by atoms with E-state index in [9.17, 15) is 4.79 Å². The maximum absolute atomic E-state index is 12.6. The summed E-state index contributed by atoms with van der Waals surface area (Å²) in [5, 5.41) is 12.1. The lowest BCUT2D eigenvalue weighted by atomic mass is 9.93. The highest BCUT2D eigenvalue weighted by Gasteiger charge is 2.35. The van der Waals surface area contributed by atoms with Crippen LogP contribution in [0.25, 0.3) is 0 Å². The standard InChI is InChI=1S/C15H18BrN3O/c1-15(2)9-18-13(6-7-17)14(20)19(10-15)12-5-3-4-11(16)8-12/h3-5,8,13,18H,6,9-10H2,1-2H3. The molecule has 5 heteroatoms. The molecule has 0 saturated carbocycles. The van der Waals surface area contributed by atoms with E-state index in [0.717, 1.165) is 16.7 Å². The predicted molar refractivity (Wildman–Crippen MR) is 82.3 cm³/mol. The van der Waals surface area contributed by atoms with Crippen LogP contribution in [-0.2, 0) is 4.79 Å². The molecule has 4 nitrogen and oxygen atoms in total. The minimum Gasteiger partial charge on any atom is -0.310 e. The molecular formula is C15H18BrN3O. The normalized spacial score (nSPS) is 22.2. The van der Waals surface area contributed by atoms with Crippen LogP contribution in [0.1, 0.15) is 20.3 Å². The van der Waals surface area contributed by atoms with Gasteiger partial charge >= 0.3 is 0 Å². The Morgan fingerprint density at radius 2 is 2.30 bits per heavy atom.